The maximum Gasteiger partial charge on any atom is 0.336 e. The summed E-state index contributed by atoms with van der Waals surface area (Å²) in [4.78, 5) is 37.4. The molecule has 0 radical (unpaired) electrons. The van der Waals surface area contributed by atoms with Crippen LogP contribution in [0.2, 0.25) is 5.02 Å². The smallest absolute Gasteiger partial charge is 0.336 e. The molecule has 36 heavy (non-hydrogen) atoms. The van der Waals surface area contributed by atoms with Crippen LogP contribution in [0.1, 0.15) is 42.7 Å². The van der Waals surface area contributed by atoms with Gasteiger partial charge in [-0.2, -0.15) is 0 Å². The van der Waals surface area contributed by atoms with Gasteiger partial charge in [-0.15, -0.1) is 0 Å². The third-order valence-electron chi connectivity index (χ3n) is 6.61. The number of hydrogen-bond donors (Lipinski definition) is 1. The van der Waals surface area contributed by atoms with Crippen LogP contribution < -0.4 is 14.8 Å². The quantitative estimate of drug-likeness (QED) is 0.333. The first-order chi connectivity index (χ1) is 17.2. The van der Waals surface area contributed by atoms with Gasteiger partial charge in [-0.1, -0.05) is 23.7 Å². The van der Waals surface area contributed by atoms with E-state index in [9.17, 15) is 19.7 Å². The van der Waals surface area contributed by atoms with Crippen molar-refractivity contribution in [1.82, 2.24) is 5.32 Å². The number of carbonyl (C=O) groups excluding carboxylic acids is 2. The van der Waals surface area contributed by atoms with Gasteiger partial charge < -0.3 is 19.5 Å². The van der Waals surface area contributed by atoms with Crippen molar-refractivity contribution >= 4 is 29.0 Å². The number of nitrogens with zero attached hydrogens (tertiary/aromatic N) is 1. The number of halogens is 1. The van der Waals surface area contributed by atoms with Crippen molar-refractivity contribution in [2.75, 3.05) is 21.3 Å². The Kier molecular flexibility index (Phi) is 7.03. The molecule has 0 aromatic heterocycles. The van der Waals surface area contributed by atoms with Gasteiger partial charge in [0, 0.05) is 35.4 Å². The van der Waals surface area contributed by atoms with E-state index in [1.165, 1.54) is 19.2 Å². The van der Waals surface area contributed by atoms with E-state index >= 15 is 0 Å². The lowest BCUT2D eigenvalue weighted by atomic mass is 9.71. The van der Waals surface area contributed by atoms with Crippen LogP contribution >= 0.6 is 11.6 Å². The Balaban J connectivity index is 1.82. The van der Waals surface area contributed by atoms with Crippen molar-refractivity contribution in [2.45, 2.75) is 31.6 Å². The molecule has 1 heterocycles. The minimum atomic E-state index is -0.830. The van der Waals surface area contributed by atoms with Gasteiger partial charge >= 0.3 is 5.97 Å². The predicted molar refractivity (Wildman–Crippen MR) is 132 cm³/mol. The van der Waals surface area contributed by atoms with Crippen LogP contribution in [0.3, 0.4) is 0 Å². The number of methoxy groups -OCH3 is 3. The molecule has 1 aliphatic carbocycles. The number of nitrogens with one attached hydrogen (secondary N) is 1. The summed E-state index contributed by atoms with van der Waals surface area (Å²) in [5.74, 6) is -0.608. The number of ether oxygens (including phenoxy) is 3. The summed E-state index contributed by atoms with van der Waals surface area (Å²) in [5.41, 5.74) is 2.83. The van der Waals surface area contributed by atoms with E-state index in [4.69, 9.17) is 25.8 Å². The maximum atomic E-state index is 13.6. The first kappa shape index (κ1) is 25.2. The molecular formula is C26H25ClN2O7. The lowest BCUT2D eigenvalue weighted by Gasteiger charge is -2.36. The lowest BCUT2D eigenvalue weighted by molar-refractivity contribution is -0.384. The average molecular weight is 513 g/mol. The van der Waals surface area contributed by atoms with Crippen molar-refractivity contribution < 1.29 is 28.7 Å². The van der Waals surface area contributed by atoms with E-state index in [1.54, 1.807) is 33.3 Å². The molecule has 10 heteroatoms. The number of allylic oxidation sites excluding steroid dienone is 3. The predicted octanol–water partition coefficient (Wildman–Crippen LogP) is 4.80. The summed E-state index contributed by atoms with van der Waals surface area (Å²) in [6.45, 7) is 1.72. The van der Waals surface area contributed by atoms with Crippen molar-refractivity contribution in [1.29, 1.82) is 0 Å². The van der Waals surface area contributed by atoms with E-state index in [2.05, 4.69) is 5.32 Å². The number of hydrogen-bond acceptors (Lipinski definition) is 8. The van der Waals surface area contributed by atoms with Crippen LogP contribution in [0.25, 0.3) is 0 Å². The molecule has 0 saturated carbocycles. The highest BCUT2D eigenvalue weighted by Crippen LogP contribution is 2.47. The Hall–Kier alpha value is -3.85. The van der Waals surface area contributed by atoms with Gasteiger partial charge in [0.25, 0.3) is 5.69 Å². The average Bonchev–Trinajstić information content (AvgIpc) is 2.87. The summed E-state index contributed by atoms with van der Waals surface area (Å²) in [6, 6.07) is 9.87. The number of nitro benzene ring substituents is 1. The molecule has 1 N–H and O–H groups in total. The molecule has 0 amide bonds. The molecule has 4 rings (SSSR count). The van der Waals surface area contributed by atoms with E-state index in [1.807, 2.05) is 12.1 Å². The lowest BCUT2D eigenvalue weighted by Crippen LogP contribution is -2.36. The van der Waals surface area contributed by atoms with Gasteiger partial charge in [-0.3, -0.25) is 14.9 Å². The maximum absolute atomic E-state index is 13.6. The molecule has 2 atom stereocenters. The molecule has 0 fully saturated rings. The van der Waals surface area contributed by atoms with Crippen LogP contribution in [-0.4, -0.2) is 38.0 Å². The summed E-state index contributed by atoms with van der Waals surface area (Å²) in [5, 5.41) is 14.7. The molecule has 0 saturated heterocycles. The topological polar surface area (TPSA) is 117 Å². The van der Waals surface area contributed by atoms with E-state index in [-0.39, 0.29) is 34.4 Å². The molecule has 188 valence electrons. The largest absolute Gasteiger partial charge is 0.493 e. The van der Waals surface area contributed by atoms with Gasteiger partial charge in [0.15, 0.2) is 17.3 Å². The Morgan fingerprint density at radius 3 is 2.39 bits per heavy atom. The first-order valence-electron chi connectivity index (χ1n) is 11.2. The van der Waals surface area contributed by atoms with Crippen LogP contribution in [0.4, 0.5) is 5.69 Å². The highest BCUT2D eigenvalue weighted by molar-refractivity contribution is 6.32. The summed E-state index contributed by atoms with van der Waals surface area (Å²) in [7, 11) is 4.36. The van der Waals surface area contributed by atoms with Crippen molar-refractivity contribution in [3.8, 4) is 11.5 Å². The molecule has 2 aromatic carbocycles. The van der Waals surface area contributed by atoms with Gasteiger partial charge in [-0.25, -0.2) is 4.79 Å². The Morgan fingerprint density at radius 2 is 1.75 bits per heavy atom. The third kappa shape index (κ3) is 4.42. The SMILES string of the molecule is COC(=O)C1=C(C)NC2=C(C(=O)C[C@@H](c3ccc(OC)c(OC)c3)C2)[C@H]1c1ccc(Cl)c([N+](=O)[O-])c1. The minimum absolute atomic E-state index is 0.0318. The van der Waals surface area contributed by atoms with Crippen molar-refractivity contribution in [3.63, 3.8) is 0 Å². The molecule has 9 nitrogen and oxygen atoms in total. The van der Waals surface area contributed by atoms with Gasteiger partial charge in [0.1, 0.15) is 5.02 Å². The highest BCUT2D eigenvalue weighted by atomic mass is 35.5. The fraction of sp³-hybridized carbons (Fsp3) is 0.308. The third-order valence-corrected chi connectivity index (χ3v) is 6.93. The minimum Gasteiger partial charge on any atom is -0.493 e. The standard InChI is InChI=1S/C26H25ClN2O7/c1-13-23(26(31)36-4)24(15-5-7-17(27)19(10-15)29(32)33)25-18(28-13)9-16(11-20(25)30)14-6-8-21(34-2)22(12-14)35-3/h5-8,10,12,16,24,28H,9,11H2,1-4H3/t16-,24-/m0/s1. The second-order valence-corrected chi connectivity index (χ2v) is 9.00. The summed E-state index contributed by atoms with van der Waals surface area (Å²) >= 11 is 6.03. The van der Waals surface area contributed by atoms with Crippen LogP contribution in [0.15, 0.2) is 58.9 Å². The number of benzene rings is 2. The summed E-state index contributed by atoms with van der Waals surface area (Å²) < 4.78 is 15.8. The van der Waals surface area contributed by atoms with Crippen LogP contribution in [0.5, 0.6) is 11.5 Å². The molecule has 0 unspecified atom stereocenters. The first-order valence-corrected chi connectivity index (χ1v) is 11.6. The molecule has 0 spiro atoms. The fourth-order valence-corrected chi connectivity index (χ4v) is 5.13. The second kappa shape index (κ2) is 10.0. The van der Waals surface area contributed by atoms with Crippen LogP contribution in [0, 0.1) is 10.1 Å². The fourth-order valence-electron chi connectivity index (χ4n) is 4.94. The monoisotopic (exact) mass is 512 g/mol. The molecule has 2 aliphatic rings. The number of rotatable bonds is 6. The second-order valence-electron chi connectivity index (χ2n) is 8.59. The molecule has 2 aromatic rings. The van der Waals surface area contributed by atoms with E-state index in [0.29, 0.717) is 40.5 Å². The number of Topliss-reactive ketones (excluding diaryl/α,β-unsaturated/α-hetero) is 1. The summed E-state index contributed by atoms with van der Waals surface area (Å²) in [6.07, 6.45) is 0.685. The zero-order valence-electron chi connectivity index (χ0n) is 20.2. The molecule has 0 bridgehead atoms. The Morgan fingerprint density at radius 1 is 1.06 bits per heavy atom. The number of esters is 1. The normalized spacial score (nSPS) is 19.4. The molecule has 1 aliphatic heterocycles. The zero-order chi connectivity index (χ0) is 26.1. The number of dihydropyridines is 1. The van der Waals surface area contributed by atoms with Gasteiger partial charge in [0.2, 0.25) is 0 Å². The van der Waals surface area contributed by atoms with E-state index < -0.39 is 16.8 Å². The number of nitro groups is 1. The Labute approximate surface area is 212 Å². The number of carbonyl (C=O) groups is 2. The molecular weight excluding hydrogens is 488 g/mol. The number of ketones is 1. The highest BCUT2D eigenvalue weighted by Gasteiger charge is 2.42. The van der Waals surface area contributed by atoms with Crippen molar-refractivity contribution in [3.05, 3.63) is 85.2 Å². The van der Waals surface area contributed by atoms with Crippen molar-refractivity contribution in [2.24, 2.45) is 0 Å². The van der Waals surface area contributed by atoms with Gasteiger partial charge in [-0.05, 0) is 48.6 Å². The van der Waals surface area contributed by atoms with Crippen LogP contribution in [-0.2, 0) is 14.3 Å². The van der Waals surface area contributed by atoms with Gasteiger partial charge in [0.05, 0.1) is 31.8 Å². The van der Waals surface area contributed by atoms with E-state index in [0.717, 1.165) is 5.56 Å². The Bertz CT molecular complexity index is 1330. The zero-order valence-corrected chi connectivity index (χ0v) is 21.0.